The fourth-order valence-corrected chi connectivity index (χ4v) is 2.63. The molecule has 1 fully saturated rings. The summed E-state index contributed by atoms with van der Waals surface area (Å²) >= 11 is 0. The first-order chi connectivity index (χ1) is 10.3. The minimum absolute atomic E-state index is 0.688. The number of fused-ring (bicyclic) bond motifs is 1. The Balaban J connectivity index is 1.84. The zero-order chi connectivity index (χ0) is 14.2. The quantitative estimate of drug-likeness (QED) is 0.798. The normalized spacial score (nSPS) is 14.7. The van der Waals surface area contributed by atoms with Crippen molar-refractivity contribution in [2.24, 2.45) is 0 Å². The molecule has 1 N–H and O–H groups in total. The molecule has 1 aliphatic rings. The van der Waals surface area contributed by atoms with Gasteiger partial charge in [0.25, 0.3) is 0 Å². The maximum atomic E-state index is 4.86. The number of pyridine rings is 1. The van der Waals surface area contributed by atoms with Crippen molar-refractivity contribution in [3.8, 4) is 5.82 Å². The van der Waals surface area contributed by atoms with E-state index in [1.165, 1.54) is 23.8 Å². The molecular weight excluding hydrogens is 260 g/mol. The van der Waals surface area contributed by atoms with Gasteiger partial charge >= 0.3 is 0 Å². The summed E-state index contributed by atoms with van der Waals surface area (Å²) in [5.74, 6) is 1.95. The standard InChI is InChI=1S/C17H18N4/c1-12-18-8-9-21(12)17-14(11-19-15-6-7-15)10-13-4-2-3-5-16(13)20-17/h2-5,8-10,15,19H,6-7,11H2,1H3. The van der Waals surface area contributed by atoms with Crippen molar-refractivity contribution >= 4 is 10.9 Å². The molecular formula is C17H18N4. The molecule has 2 heterocycles. The van der Waals surface area contributed by atoms with E-state index in [1.54, 1.807) is 0 Å². The van der Waals surface area contributed by atoms with E-state index in [9.17, 15) is 0 Å². The first kappa shape index (κ1) is 12.5. The Kier molecular flexibility index (Phi) is 2.97. The van der Waals surface area contributed by atoms with E-state index < -0.39 is 0 Å². The Labute approximate surface area is 123 Å². The van der Waals surface area contributed by atoms with Gasteiger partial charge in [-0.25, -0.2) is 9.97 Å². The average molecular weight is 278 g/mol. The second-order valence-corrected chi connectivity index (χ2v) is 5.66. The van der Waals surface area contributed by atoms with Crippen LogP contribution in [0.15, 0.2) is 42.7 Å². The SMILES string of the molecule is Cc1nccn1-c1nc2ccccc2cc1CNC1CC1. The third-order valence-electron chi connectivity index (χ3n) is 3.99. The van der Waals surface area contributed by atoms with E-state index in [0.29, 0.717) is 6.04 Å². The van der Waals surface area contributed by atoms with Crippen LogP contribution in [0.1, 0.15) is 24.2 Å². The Morgan fingerprint density at radius 3 is 2.90 bits per heavy atom. The van der Waals surface area contributed by atoms with Gasteiger partial charge in [-0.2, -0.15) is 0 Å². The van der Waals surface area contributed by atoms with Crippen molar-refractivity contribution in [2.75, 3.05) is 0 Å². The van der Waals surface area contributed by atoms with Gasteiger partial charge in [0.2, 0.25) is 0 Å². The van der Waals surface area contributed by atoms with Gasteiger partial charge in [-0.3, -0.25) is 4.57 Å². The topological polar surface area (TPSA) is 42.7 Å². The molecule has 106 valence electrons. The summed E-state index contributed by atoms with van der Waals surface area (Å²) in [4.78, 5) is 9.18. The number of benzene rings is 1. The van der Waals surface area contributed by atoms with E-state index >= 15 is 0 Å². The van der Waals surface area contributed by atoms with Crippen LogP contribution >= 0.6 is 0 Å². The van der Waals surface area contributed by atoms with E-state index in [2.05, 4.69) is 39.1 Å². The van der Waals surface area contributed by atoms with Gasteiger partial charge in [-0.15, -0.1) is 0 Å². The molecule has 1 saturated carbocycles. The molecule has 2 aromatic heterocycles. The van der Waals surface area contributed by atoms with Crippen LogP contribution in [-0.4, -0.2) is 20.6 Å². The maximum absolute atomic E-state index is 4.86. The molecule has 0 unspecified atom stereocenters. The predicted molar refractivity (Wildman–Crippen MR) is 83.5 cm³/mol. The summed E-state index contributed by atoms with van der Waals surface area (Å²) in [6.45, 7) is 2.87. The smallest absolute Gasteiger partial charge is 0.143 e. The molecule has 0 radical (unpaired) electrons. The number of nitrogens with zero attached hydrogens (tertiary/aromatic N) is 3. The highest BCUT2D eigenvalue weighted by Crippen LogP contribution is 2.23. The van der Waals surface area contributed by atoms with Crippen molar-refractivity contribution in [3.05, 3.63) is 54.1 Å². The Morgan fingerprint density at radius 1 is 1.29 bits per heavy atom. The number of aryl methyl sites for hydroxylation is 1. The van der Waals surface area contributed by atoms with Gasteiger partial charge in [0, 0.05) is 35.9 Å². The van der Waals surface area contributed by atoms with Crippen molar-refractivity contribution in [1.29, 1.82) is 0 Å². The molecule has 3 aromatic rings. The average Bonchev–Trinajstić information content (AvgIpc) is 3.24. The first-order valence-electron chi connectivity index (χ1n) is 7.43. The molecule has 4 rings (SSSR count). The number of rotatable bonds is 4. The fraction of sp³-hybridized carbons (Fsp3) is 0.294. The second-order valence-electron chi connectivity index (χ2n) is 5.66. The molecule has 0 atom stereocenters. The monoisotopic (exact) mass is 278 g/mol. The largest absolute Gasteiger partial charge is 0.310 e. The van der Waals surface area contributed by atoms with Crippen molar-refractivity contribution in [1.82, 2.24) is 19.9 Å². The van der Waals surface area contributed by atoms with Crippen LogP contribution in [0.2, 0.25) is 0 Å². The molecule has 0 bridgehead atoms. The minimum atomic E-state index is 0.688. The molecule has 0 spiro atoms. The highest BCUT2D eigenvalue weighted by atomic mass is 15.1. The van der Waals surface area contributed by atoms with Crippen LogP contribution in [0.25, 0.3) is 16.7 Å². The summed E-state index contributed by atoms with van der Waals surface area (Å²) in [5, 5.41) is 4.77. The lowest BCUT2D eigenvalue weighted by Gasteiger charge is -2.13. The van der Waals surface area contributed by atoms with Gasteiger partial charge in [-0.05, 0) is 31.9 Å². The Hall–Kier alpha value is -2.20. The van der Waals surface area contributed by atoms with Crippen molar-refractivity contribution in [3.63, 3.8) is 0 Å². The summed E-state index contributed by atoms with van der Waals surface area (Å²) in [7, 11) is 0. The van der Waals surface area contributed by atoms with Crippen LogP contribution < -0.4 is 5.32 Å². The number of imidazole rings is 1. The van der Waals surface area contributed by atoms with Crippen LogP contribution in [0, 0.1) is 6.92 Å². The third-order valence-corrected chi connectivity index (χ3v) is 3.99. The molecule has 0 aliphatic heterocycles. The van der Waals surface area contributed by atoms with E-state index in [1.807, 2.05) is 25.4 Å². The second kappa shape index (κ2) is 4.97. The van der Waals surface area contributed by atoms with Gasteiger partial charge in [-0.1, -0.05) is 18.2 Å². The van der Waals surface area contributed by atoms with Crippen LogP contribution in [0.3, 0.4) is 0 Å². The molecule has 4 heteroatoms. The molecule has 1 aliphatic carbocycles. The number of hydrogen-bond acceptors (Lipinski definition) is 3. The lowest BCUT2D eigenvalue weighted by atomic mass is 10.1. The minimum Gasteiger partial charge on any atom is -0.310 e. The highest BCUT2D eigenvalue weighted by molar-refractivity contribution is 5.80. The zero-order valence-corrected chi connectivity index (χ0v) is 12.1. The van der Waals surface area contributed by atoms with Crippen molar-refractivity contribution in [2.45, 2.75) is 32.4 Å². The Morgan fingerprint density at radius 2 is 2.14 bits per heavy atom. The molecule has 21 heavy (non-hydrogen) atoms. The van der Waals surface area contributed by atoms with Gasteiger partial charge < -0.3 is 5.32 Å². The molecule has 0 amide bonds. The highest BCUT2D eigenvalue weighted by Gasteiger charge is 2.21. The number of aromatic nitrogens is 3. The summed E-state index contributed by atoms with van der Waals surface area (Å²) in [5.41, 5.74) is 2.25. The van der Waals surface area contributed by atoms with Gasteiger partial charge in [0.1, 0.15) is 11.6 Å². The maximum Gasteiger partial charge on any atom is 0.143 e. The number of nitrogens with one attached hydrogen (secondary N) is 1. The van der Waals surface area contributed by atoms with Crippen LogP contribution in [-0.2, 0) is 6.54 Å². The summed E-state index contributed by atoms with van der Waals surface area (Å²) in [6, 6.07) is 11.2. The van der Waals surface area contributed by atoms with Gasteiger partial charge in [0.05, 0.1) is 5.52 Å². The fourth-order valence-electron chi connectivity index (χ4n) is 2.63. The van der Waals surface area contributed by atoms with Gasteiger partial charge in [0.15, 0.2) is 0 Å². The molecule has 1 aromatic carbocycles. The third kappa shape index (κ3) is 2.43. The predicted octanol–water partition coefficient (Wildman–Crippen LogP) is 2.98. The number of hydrogen-bond donors (Lipinski definition) is 1. The van der Waals surface area contributed by atoms with E-state index in [4.69, 9.17) is 4.98 Å². The molecule has 0 saturated heterocycles. The lowest BCUT2D eigenvalue weighted by molar-refractivity contribution is 0.681. The van der Waals surface area contributed by atoms with Crippen molar-refractivity contribution < 1.29 is 0 Å². The van der Waals surface area contributed by atoms with Crippen LogP contribution in [0.5, 0.6) is 0 Å². The summed E-state index contributed by atoms with van der Waals surface area (Å²) < 4.78 is 2.07. The van der Waals surface area contributed by atoms with E-state index in [0.717, 1.165) is 23.7 Å². The number of para-hydroxylation sites is 1. The zero-order valence-electron chi connectivity index (χ0n) is 12.1. The summed E-state index contributed by atoms with van der Waals surface area (Å²) in [6.07, 6.45) is 6.39. The van der Waals surface area contributed by atoms with E-state index in [-0.39, 0.29) is 0 Å². The lowest BCUT2D eigenvalue weighted by Crippen LogP contribution is -2.17. The molecule has 4 nitrogen and oxygen atoms in total. The first-order valence-corrected chi connectivity index (χ1v) is 7.43. The Bertz CT molecular complexity index is 786. The van der Waals surface area contributed by atoms with Crippen LogP contribution in [0.4, 0.5) is 0 Å².